The van der Waals surface area contributed by atoms with Crippen molar-refractivity contribution in [3.63, 3.8) is 0 Å². The van der Waals surface area contributed by atoms with Crippen LogP contribution in [0, 0.1) is 6.92 Å². The van der Waals surface area contributed by atoms with Crippen molar-refractivity contribution in [3.8, 4) is 0 Å². The summed E-state index contributed by atoms with van der Waals surface area (Å²) in [5.74, 6) is -0.0954. The topological polar surface area (TPSA) is 64.1 Å². The van der Waals surface area contributed by atoms with E-state index < -0.39 is 5.97 Å². The Kier molecular flexibility index (Phi) is 3.97. The van der Waals surface area contributed by atoms with Crippen molar-refractivity contribution in [2.45, 2.75) is 6.92 Å². The zero-order chi connectivity index (χ0) is 13.8. The minimum absolute atomic E-state index is 0.277. The van der Waals surface area contributed by atoms with Crippen molar-refractivity contribution >= 4 is 29.1 Å². The highest BCUT2D eigenvalue weighted by molar-refractivity contribution is 6.30. The van der Waals surface area contributed by atoms with Crippen molar-refractivity contribution in [1.82, 2.24) is 9.97 Å². The Labute approximate surface area is 115 Å². The number of nitrogens with zero attached hydrogens (tertiary/aromatic N) is 2. The number of rotatable bonds is 3. The molecular formula is C13H12ClN3O2. The fraction of sp³-hybridized carbons (Fsp3) is 0.154. The van der Waals surface area contributed by atoms with E-state index in [1.165, 1.54) is 19.6 Å². The van der Waals surface area contributed by atoms with E-state index in [0.717, 1.165) is 11.3 Å². The van der Waals surface area contributed by atoms with Gasteiger partial charge in [0.2, 0.25) is 0 Å². The van der Waals surface area contributed by atoms with E-state index >= 15 is 0 Å². The van der Waals surface area contributed by atoms with Crippen LogP contribution in [0.25, 0.3) is 0 Å². The maximum atomic E-state index is 11.6. The lowest BCUT2D eigenvalue weighted by Gasteiger charge is -2.11. The van der Waals surface area contributed by atoms with Crippen LogP contribution in [0.15, 0.2) is 30.7 Å². The van der Waals surface area contributed by atoms with Crippen molar-refractivity contribution < 1.29 is 9.53 Å². The molecule has 0 fully saturated rings. The van der Waals surface area contributed by atoms with E-state index in [1.54, 1.807) is 6.07 Å². The standard InChI is InChI=1S/C13H12ClN3O2/c1-8-5-9(14)3-4-11(8)17-12-10(13(18)19-2)6-15-7-16-12/h3-7H,1-2H3,(H,15,16,17). The maximum Gasteiger partial charge on any atom is 0.343 e. The summed E-state index contributed by atoms with van der Waals surface area (Å²) in [6.07, 6.45) is 2.77. The summed E-state index contributed by atoms with van der Waals surface area (Å²) in [7, 11) is 1.31. The first-order chi connectivity index (χ1) is 9.11. The molecule has 1 aromatic heterocycles. The van der Waals surface area contributed by atoms with Gasteiger partial charge in [-0.2, -0.15) is 0 Å². The number of benzene rings is 1. The van der Waals surface area contributed by atoms with Gasteiger partial charge in [0.1, 0.15) is 17.7 Å². The van der Waals surface area contributed by atoms with E-state index in [4.69, 9.17) is 11.6 Å². The summed E-state index contributed by atoms with van der Waals surface area (Å²) in [6.45, 7) is 1.91. The highest BCUT2D eigenvalue weighted by atomic mass is 35.5. The second-order valence-electron chi connectivity index (χ2n) is 3.86. The van der Waals surface area contributed by atoms with Gasteiger partial charge in [-0.25, -0.2) is 14.8 Å². The van der Waals surface area contributed by atoms with Gasteiger partial charge in [-0.05, 0) is 30.7 Å². The molecule has 0 amide bonds. The van der Waals surface area contributed by atoms with Gasteiger partial charge in [-0.15, -0.1) is 0 Å². The molecule has 0 atom stereocenters. The van der Waals surface area contributed by atoms with E-state index in [-0.39, 0.29) is 5.56 Å². The fourth-order valence-corrected chi connectivity index (χ4v) is 1.81. The molecule has 0 saturated heterocycles. The third-order valence-corrected chi connectivity index (χ3v) is 2.79. The number of carbonyl (C=O) groups excluding carboxylic acids is 1. The lowest BCUT2D eigenvalue weighted by Crippen LogP contribution is -2.08. The zero-order valence-electron chi connectivity index (χ0n) is 10.5. The van der Waals surface area contributed by atoms with Crippen LogP contribution in [0.5, 0.6) is 0 Å². The molecule has 2 aromatic rings. The molecule has 1 aromatic carbocycles. The molecule has 1 N–H and O–H groups in total. The Balaban J connectivity index is 2.35. The molecular weight excluding hydrogens is 266 g/mol. The maximum absolute atomic E-state index is 11.6. The summed E-state index contributed by atoms with van der Waals surface area (Å²) in [4.78, 5) is 19.5. The summed E-state index contributed by atoms with van der Waals surface area (Å²) in [6, 6.07) is 5.40. The largest absolute Gasteiger partial charge is 0.465 e. The Morgan fingerprint density at radius 3 is 2.89 bits per heavy atom. The highest BCUT2D eigenvalue weighted by Crippen LogP contribution is 2.24. The lowest BCUT2D eigenvalue weighted by molar-refractivity contribution is 0.0601. The van der Waals surface area contributed by atoms with E-state index in [1.807, 2.05) is 19.1 Å². The highest BCUT2D eigenvalue weighted by Gasteiger charge is 2.14. The second kappa shape index (κ2) is 5.67. The van der Waals surface area contributed by atoms with Gasteiger partial charge < -0.3 is 10.1 Å². The number of halogens is 1. The Hall–Kier alpha value is -2.14. The lowest BCUT2D eigenvalue weighted by atomic mass is 10.2. The molecule has 1 heterocycles. The number of nitrogens with one attached hydrogen (secondary N) is 1. The molecule has 0 radical (unpaired) electrons. The van der Waals surface area contributed by atoms with Crippen LogP contribution in [0.1, 0.15) is 15.9 Å². The third-order valence-electron chi connectivity index (χ3n) is 2.56. The first kappa shape index (κ1) is 13.3. The van der Waals surface area contributed by atoms with Crippen LogP contribution in [-0.4, -0.2) is 23.0 Å². The van der Waals surface area contributed by atoms with Gasteiger partial charge in [-0.3, -0.25) is 0 Å². The Morgan fingerprint density at radius 2 is 2.21 bits per heavy atom. The predicted octanol–water partition coefficient (Wildman–Crippen LogP) is 2.97. The number of esters is 1. The van der Waals surface area contributed by atoms with Crippen molar-refractivity contribution in [1.29, 1.82) is 0 Å². The van der Waals surface area contributed by atoms with Gasteiger partial charge in [0, 0.05) is 16.9 Å². The van der Waals surface area contributed by atoms with E-state index in [0.29, 0.717) is 10.8 Å². The molecule has 0 bridgehead atoms. The number of ether oxygens (including phenoxy) is 1. The van der Waals surface area contributed by atoms with Crippen LogP contribution in [-0.2, 0) is 4.74 Å². The summed E-state index contributed by atoms with van der Waals surface area (Å²) >= 11 is 5.90. The molecule has 2 rings (SSSR count). The van der Waals surface area contributed by atoms with Crippen LogP contribution in [0.3, 0.4) is 0 Å². The monoisotopic (exact) mass is 277 g/mol. The number of anilines is 2. The molecule has 0 spiro atoms. The molecule has 0 aliphatic rings. The van der Waals surface area contributed by atoms with Crippen molar-refractivity contribution in [2.75, 3.05) is 12.4 Å². The quantitative estimate of drug-likeness (QED) is 0.874. The normalized spacial score (nSPS) is 10.1. The summed E-state index contributed by atoms with van der Waals surface area (Å²) < 4.78 is 4.68. The van der Waals surface area contributed by atoms with Crippen LogP contribution in [0.4, 0.5) is 11.5 Å². The van der Waals surface area contributed by atoms with Gasteiger partial charge >= 0.3 is 5.97 Å². The molecule has 0 aliphatic heterocycles. The first-order valence-corrected chi connectivity index (χ1v) is 5.91. The molecule has 0 saturated carbocycles. The molecule has 98 valence electrons. The molecule has 5 nitrogen and oxygen atoms in total. The number of methoxy groups -OCH3 is 1. The van der Waals surface area contributed by atoms with Crippen molar-refractivity contribution in [3.05, 3.63) is 46.9 Å². The first-order valence-electron chi connectivity index (χ1n) is 5.53. The van der Waals surface area contributed by atoms with Crippen LogP contribution in [0.2, 0.25) is 5.02 Å². The number of carbonyl (C=O) groups is 1. The number of hydrogen-bond acceptors (Lipinski definition) is 5. The molecule has 0 unspecified atom stereocenters. The number of hydrogen-bond donors (Lipinski definition) is 1. The third kappa shape index (κ3) is 3.00. The summed E-state index contributed by atoms with van der Waals surface area (Å²) in [5.41, 5.74) is 2.04. The second-order valence-corrected chi connectivity index (χ2v) is 4.30. The number of aryl methyl sites for hydroxylation is 1. The van der Waals surface area contributed by atoms with E-state index in [2.05, 4.69) is 20.0 Å². The Bertz CT molecular complexity index is 617. The van der Waals surface area contributed by atoms with Gasteiger partial charge in [-0.1, -0.05) is 11.6 Å². The number of aromatic nitrogens is 2. The van der Waals surface area contributed by atoms with Crippen LogP contribution >= 0.6 is 11.6 Å². The van der Waals surface area contributed by atoms with Crippen LogP contribution < -0.4 is 5.32 Å². The average Bonchev–Trinajstić information content (AvgIpc) is 2.41. The smallest absolute Gasteiger partial charge is 0.343 e. The predicted molar refractivity (Wildman–Crippen MR) is 72.8 cm³/mol. The van der Waals surface area contributed by atoms with E-state index in [9.17, 15) is 4.79 Å². The fourth-order valence-electron chi connectivity index (χ4n) is 1.58. The average molecular weight is 278 g/mol. The summed E-state index contributed by atoms with van der Waals surface area (Å²) in [5, 5.41) is 3.72. The van der Waals surface area contributed by atoms with Crippen molar-refractivity contribution in [2.24, 2.45) is 0 Å². The SMILES string of the molecule is COC(=O)c1cncnc1Nc1ccc(Cl)cc1C. The Morgan fingerprint density at radius 1 is 1.42 bits per heavy atom. The van der Waals surface area contributed by atoms with Gasteiger partial charge in [0.15, 0.2) is 0 Å². The minimum atomic E-state index is -0.491. The van der Waals surface area contributed by atoms with Gasteiger partial charge in [0.05, 0.1) is 7.11 Å². The molecule has 19 heavy (non-hydrogen) atoms. The van der Waals surface area contributed by atoms with Gasteiger partial charge in [0.25, 0.3) is 0 Å². The minimum Gasteiger partial charge on any atom is -0.465 e. The molecule has 6 heteroatoms. The molecule has 0 aliphatic carbocycles. The zero-order valence-corrected chi connectivity index (χ0v) is 11.2.